The maximum atomic E-state index is 12.8. The molecule has 5 nitrogen and oxygen atoms in total. The second-order valence-corrected chi connectivity index (χ2v) is 6.43. The fraction of sp³-hybridized carbons (Fsp3) is 0.105. The number of carbonyl (C=O) groups excluding carboxylic acids is 1. The molecular formula is C19H17BrN4O. The molecule has 0 aliphatic carbocycles. The highest BCUT2D eigenvalue weighted by Gasteiger charge is 2.15. The number of benzene rings is 1. The number of anilines is 1. The molecule has 3 rings (SSSR count). The number of pyridine rings is 2. The largest absolute Gasteiger partial charge is 0.322 e. The number of aromatic nitrogens is 2. The third kappa shape index (κ3) is 5.12. The van der Waals surface area contributed by atoms with Crippen molar-refractivity contribution in [3.63, 3.8) is 0 Å². The number of hydrogen-bond donors (Lipinski definition) is 1. The Kier molecular flexibility index (Phi) is 5.74. The Morgan fingerprint density at radius 2 is 1.76 bits per heavy atom. The van der Waals surface area contributed by atoms with Crippen molar-refractivity contribution in [3.05, 3.63) is 88.9 Å². The van der Waals surface area contributed by atoms with E-state index in [0.29, 0.717) is 13.1 Å². The van der Waals surface area contributed by atoms with Crippen LogP contribution >= 0.6 is 15.9 Å². The van der Waals surface area contributed by atoms with Crippen molar-refractivity contribution >= 4 is 27.6 Å². The third-order valence-electron chi connectivity index (χ3n) is 3.58. The molecule has 0 aliphatic heterocycles. The molecule has 1 aromatic carbocycles. The number of halogens is 1. The maximum Gasteiger partial charge on any atom is 0.322 e. The van der Waals surface area contributed by atoms with Gasteiger partial charge in [-0.3, -0.25) is 9.97 Å². The minimum atomic E-state index is -0.168. The number of carbonyl (C=O) groups is 1. The van der Waals surface area contributed by atoms with Gasteiger partial charge in [-0.15, -0.1) is 0 Å². The minimum Gasteiger partial charge on any atom is -0.316 e. The molecule has 3 aromatic rings. The lowest BCUT2D eigenvalue weighted by molar-refractivity contribution is 0.206. The highest BCUT2D eigenvalue weighted by Crippen LogP contribution is 2.17. The summed E-state index contributed by atoms with van der Waals surface area (Å²) in [6.45, 7) is 0.952. The number of nitrogens with zero attached hydrogens (tertiary/aromatic N) is 3. The van der Waals surface area contributed by atoms with Crippen LogP contribution in [0, 0.1) is 0 Å². The molecule has 6 heteroatoms. The molecule has 0 aliphatic rings. The summed E-state index contributed by atoms with van der Waals surface area (Å²) in [6, 6.07) is 15.0. The topological polar surface area (TPSA) is 58.1 Å². The summed E-state index contributed by atoms with van der Waals surface area (Å²) in [6.07, 6.45) is 6.94. The Bertz CT molecular complexity index is 786. The van der Waals surface area contributed by atoms with Crippen LogP contribution in [0.5, 0.6) is 0 Å². The highest BCUT2D eigenvalue weighted by molar-refractivity contribution is 9.10. The van der Waals surface area contributed by atoms with Gasteiger partial charge in [0.25, 0.3) is 0 Å². The van der Waals surface area contributed by atoms with Gasteiger partial charge >= 0.3 is 6.03 Å². The van der Waals surface area contributed by atoms with Gasteiger partial charge in [0.1, 0.15) is 0 Å². The number of hydrogen-bond acceptors (Lipinski definition) is 3. The van der Waals surface area contributed by atoms with E-state index in [1.807, 2.05) is 48.5 Å². The van der Waals surface area contributed by atoms with Crippen LogP contribution in [0.1, 0.15) is 11.1 Å². The lowest BCUT2D eigenvalue weighted by Gasteiger charge is -2.23. The first-order valence-electron chi connectivity index (χ1n) is 7.80. The van der Waals surface area contributed by atoms with Crippen LogP contribution in [0.2, 0.25) is 0 Å². The molecule has 1 N–H and O–H groups in total. The van der Waals surface area contributed by atoms with Crippen LogP contribution in [0.3, 0.4) is 0 Å². The van der Waals surface area contributed by atoms with Gasteiger partial charge in [-0.2, -0.15) is 0 Å². The predicted octanol–water partition coefficient (Wildman–Crippen LogP) is 4.47. The lowest BCUT2D eigenvalue weighted by Crippen LogP contribution is -2.34. The van der Waals surface area contributed by atoms with E-state index in [0.717, 1.165) is 21.3 Å². The van der Waals surface area contributed by atoms with Gasteiger partial charge in [0.2, 0.25) is 0 Å². The van der Waals surface area contributed by atoms with E-state index in [4.69, 9.17) is 0 Å². The monoisotopic (exact) mass is 396 g/mol. The Balaban J connectivity index is 1.78. The van der Waals surface area contributed by atoms with Crippen LogP contribution in [-0.4, -0.2) is 20.9 Å². The molecule has 2 amide bonds. The van der Waals surface area contributed by atoms with Gasteiger partial charge < -0.3 is 10.2 Å². The average Bonchev–Trinajstić information content (AvgIpc) is 2.63. The first-order valence-corrected chi connectivity index (χ1v) is 8.59. The van der Waals surface area contributed by atoms with Crippen LogP contribution in [0.25, 0.3) is 0 Å². The Morgan fingerprint density at radius 1 is 0.960 bits per heavy atom. The van der Waals surface area contributed by atoms with Crippen molar-refractivity contribution < 1.29 is 4.79 Å². The molecule has 0 radical (unpaired) electrons. The summed E-state index contributed by atoms with van der Waals surface area (Å²) in [5, 5.41) is 2.94. The third-order valence-corrected chi connectivity index (χ3v) is 4.08. The second kappa shape index (κ2) is 8.39. The molecule has 0 spiro atoms. The van der Waals surface area contributed by atoms with Crippen molar-refractivity contribution in [2.75, 3.05) is 5.32 Å². The molecule has 0 bridgehead atoms. The van der Waals surface area contributed by atoms with E-state index < -0.39 is 0 Å². The van der Waals surface area contributed by atoms with Gasteiger partial charge in [-0.05, 0) is 47.5 Å². The van der Waals surface area contributed by atoms with E-state index >= 15 is 0 Å². The number of rotatable bonds is 5. The Labute approximate surface area is 154 Å². The van der Waals surface area contributed by atoms with Gasteiger partial charge in [0, 0.05) is 48.0 Å². The zero-order chi connectivity index (χ0) is 17.5. The van der Waals surface area contributed by atoms with Crippen molar-refractivity contribution in [2.45, 2.75) is 13.1 Å². The normalized spacial score (nSPS) is 10.3. The van der Waals surface area contributed by atoms with E-state index in [-0.39, 0.29) is 6.03 Å². The molecule has 126 valence electrons. The Hall–Kier alpha value is -2.73. The van der Waals surface area contributed by atoms with E-state index in [1.54, 1.807) is 29.7 Å². The number of amides is 2. The van der Waals surface area contributed by atoms with Gasteiger partial charge in [0.15, 0.2) is 0 Å². The molecule has 0 unspecified atom stereocenters. The number of nitrogens with one attached hydrogen (secondary N) is 1. The standard InChI is InChI=1S/C19H17BrN4O/c20-17-4-1-5-18(11-17)23-19(25)24(13-15-6-9-21-10-7-15)14-16-3-2-8-22-12-16/h1-12H,13-14H2,(H,23,25). The van der Waals surface area contributed by atoms with Crippen molar-refractivity contribution in [1.29, 1.82) is 0 Å². The highest BCUT2D eigenvalue weighted by atomic mass is 79.9. The second-order valence-electron chi connectivity index (χ2n) is 5.51. The summed E-state index contributed by atoms with van der Waals surface area (Å²) in [4.78, 5) is 22.7. The van der Waals surface area contributed by atoms with Crippen molar-refractivity contribution in [1.82, 2.24) is 14.9 Å². The molecule has 0 saturated heterocycles. The molecule has 2 heterocycles. The fourth-order valence-corrected chi connectivity index (χ4v) is 2.79. The summed E-state index contributed by atoms with van der Waals surface area (Å²) >= 11 is 3.42. The van der Waals surface area contributed by atoms with Gasteiger partial charge in [-0.25, -0.2) is 4.79 Å². The smallest absolute Gasteiger partial charge is 0.316 e. The molecule has 2 aromatic heterocycles. The first kappa shape index (κ1) is 17.1. The van der Waals surface area contributed by atoms with Crippen molar-refractivity contribution in [3.8, 4) is 0 Å². The molecule has 0 fully saturated rings. The van der Waals surface area contributed by atoms with E-state index in [2.05, 4.69) is 31.2 Å². The van der Waals surface area contributed by atoms with Crippen LogP contribution in [0.4, 0.5) is 10.5 Å². The summed E-state index contributed by atoms with van der Waals surface area (Å²) in [5.74, 6) is 0. The quantitative estimate of drug-likeness (QED) is 0.691. The molecule has 25 heavy (non-hydrogen) atoms. The number of urea groups is 1. The average molecular weight is 397 g/mol. The SMILES string of the molecule is O=C(Nc1cccc(Br)c1)N(Cc1ccncc1)Cc1cccnc1. The van der Waals surface area contributed by atoms with E-state index in [9.17, 15) is 4.79 Å². The summed E-state index contributed by atoms with van der Waals surface area (Å²) < 4.78 is 0.915. The fourth-order valence-electron chi connectivity index (χ4n) is 2.39. The minimum absolute atomic E-state index is 0.168. The lowest BCUT2D eigenvalue weighted by atomic mass is 10.2. The summed E-state index contributed by atoms with van der Waals surface area (Å²) in [7, 11) is 0. The zero-order valence-electron chi connectivity index (χ0n) is 13.5. The first-order chi connectivity index (χ1) is 12.2. The van der Waals surface area contributed by atoms with Crippen molar-refractivity contribution in [2.24, 2.45) is 0 Å². The van der Waals surface area contributed by atoms with Gasteiger partial charge in [-0.1, -0.05) is 28.1 Å². The van der Waals surface area contributed by atoms with E-state index in [1.165, 1.54) is 0 Å². The zero-order valence-corrected chi connectivity index (χ0v) is 15.1. The summed E-state index contributed by atoms with van der Waals surface area (Å²) in [5.41, 5.74) is 2.73. The molecule has 0 atom stereocenters. The van der Waals surface area contributed by atoms with Gasteiger partial charge in [0.05, 0.1) is 0 Å². The Morgan fingerprint density at radius 3 is 2.48 bits per heavy atom. The predicted molar refractivity (Wildman–Crippen MR) is 101 cm³/mol. The van der Waals surface area contributed by atoms with Crippen LogP contribution in [0.15, 0.2) is 77.8 Å². The molecular weight excluding hydrogens is 380 g/mol. The maximum absolute atomic E-state index is 12.8. The molecule has 0 saturated carbocycles. The van der Waals surface area contributed by atoms with Crippen LogP contribution < -0.4 is 5.32 Å². The van der Waals surface area contributed by atoms with Crippen LogP contribution in [-0.2, 0) is 13.1 Å².